The Labute approximate surface area is 101 Å². The van der Waals surface area contributed by atoms with Crippen LogP contribution in [-0.4, -0.2) is 24.1 Å². The third-order valence-electron chi connectivity index (χ3n) is 2.04. The number of nitrogens with one attached hydrogen (secondary N) is 1. The van der Waals surface area contributed by atoms with Gasteiger partial charge in [-0.15, -0.1) is 0 Å². The number of rotatable bonds is 4. The third-order valence-corrected chi connectivity index (χ3v) is 3.02. The van der Waals surface area contributed by atoms with E-state index in [0.29, 0.717) is 17.3 Å². The summed E-state index contributed by atoms with van der Waals surface area (Å²) < 4.78 is 18.5. The fourth-order valence-corrected chi connectivity index (χ4v) is 2.22. The van der Waals surface area contributed by atoms with Gasteiger partial charge in [0.1, 0.15) is 12.4 Å². The average molecular weight is 254 g/mol. The van der Waals surface area contributed by atoms with Crippen molar-refractivity contribution in [3.8, 4) is 0 Å². The van der Waals surface area contributed by atoms with Crippen LogP contribution in [0.1, 0.15) is 6.92 Å². The van der Waals surface area contributed by atoms with Gasteiger partial charge in [0.25, 0.3) is 0 Å². The molecule has 1 aromatic carbocycles. The molecule has 90 valence electrons. The van der Waals surface area contributed by atoms with Crippen LogP contribution in [0.4, 0.5) is 9.52 Å². The minimum Gasteiger partial charge on any atom is -0.465 e. The van der Waals surface area contributed by atoms with E-state index in [9.17, 15) is 9.18 Å². The fourth-order valence-electron chi connectivity index (χ4n) is 1.33. The van der Waals surface area contributed by atoms with E-state index in [1.54, 1.807) is 13.0 Å². The largest absolute Gasteiger partial charge is 0.465 e. The molecule has 1 heterocycles. The van der Waals surface area contributed by atoms with Crippen LogP contribution in [0.3, 0.4) is 0 Å². The Morgan fingerprint density at radius 3 is 3.18 bits per heavy atom. The molecule has 0 aliphatic carbocycles. The molecule has 0 atom stereocenters. The fraction of sp³-hybridized carbons (Fsp3) is 0.273. The van der Waals surface area contributed by atoms with E-state index >= 15 is 0 Å². The first-order chi connectivity index (χ1) is 8.19. The molecule has 0 saturated heterocycles. The highest BCUT2D eigenvalue weighted by Crippen LogP contribution is 2.26. The first-order valence-corrected chi connectivity index (χ1v) is 5.96. The monoisotopic (exact) mass is 254 g/mol. The van der Waals surface area contributed by atoms with Crippen LogP contribution < -0.4 is 5.32 Å². The number of aromatic nitrogens is 1. The lowest BCUT2D eigenvalue weighted by molar-refractivity contribution is -0.140. The van der Waals surface area contributed by atoms with Gasteiger partial charge in [0, 0.05) is 0 Å². The molecule has 6 heteroatoms. The molecule has 17 heavy (non-hydrogen) atoms. The van der Waals surface area contributed by atoms with Crippen molar-refractivity contribution >= 4 is 32.7 Å². The molecule has 0 radical (unpaired) electrons. The number of hydrogen-bond acceptors (Lipinski definition) is 5. The van der Waals surface area contributed by atoms with E-state index in [1.807, 2.05) is 0 Å². The van der Waals surface area contributed by atoms with Crippen LogP contribution in [0.2, 0.25) is 0 Å². The summed E-state index contributed by atoms with van der Waals surface area (Å²) in [6, 6.07) is 4.39. The Bertz CT molecular complexity index is 541. The number of nitrogens with zero attached hydrogens (tertiary/aromatic N) is 1. The highest BCUT2D eigenvalue weighted by atomic mass is 32.1. The summed E-state index contributed by atoms with van der Waals surface area (Å²) in [6.07, 6.45) is 0. The highest BCUT2D eigenvalue weighted by molar-refractivity contribution is 7.22. The summed E-state index contributed by atoms with van der Waals surface area (Å²) in [4.78, 5) is 15.3. The maximum Gasteiger partial charge on any atom is 0.325 e. The number of hydrogen-bond donors (Lipinski definition) is 1. The highest BCUT2D eigenvalue weighted by Gasteiger charge is 2.06. The molecule has 4 nitrogen and oxygen atoms in total. The summed E-state index contributed by atoms with van der Waals surface area (Å²) in [5.74, 6) is -0.629. The number of benzene rings is 1. The lowest BCUT2D eigenvalue weighted by Gasteiger charge is -2.01. The second-order valence-corrected chi connectivity index (χ2v) is 4.32. The number of thiazole rings is 1. The number of fused-ring (bicyclic) bond motifs is 1. The molecule has 1 N–H and O–H groups in total. The van der Waals surface area contributed by atoms with Gasteiger partial charge >= 0.3 is 5.97 Å². The molecule has 0 unspecified atom stereocenters. The van der Waals surface area contributed by atoms with Gasteiger partial charge < -0.3 is 10.1 Å². The van der Waals surface area contributed by atoms with Gasteiger partial charge in [-0.05, 0) is 25.1 Å². The SMILES string of the molecule is CCOC(=O)CNc1nc2ccc(F)cc2s1. The summed E-state index contributed by atoms with van der Waals surface area (Å²) in [5.41, 5.74) is 0.711. The summed E-state index contributed by atoms with van der Waals surface area (Å²) >= 11 is 1.30. The smallest absolute Gasteiger partial charge is 0.325 e. The maximum atomic E-state index is 12.9. The normalized spacial score (nSPS) is 10.5. The number of esters is 1. The Morgan fingerprint density at radius 1 is 1.59 bits per heavy atom. The van der Waals surface area contributed by atoms with Crippen molar-refractivity contribution in [1.29, 1.82) is 0 Å². The quantitative estimate of drug-likeness (QED) is 0.851. The van der Waals surface area contributed by atoms with Crippen LogP contribution in [0.15, 0.2) is 18.2 Å². The van der Waals surface area contributed by atoms with Crippen molar-refractivity contribution in [2.45, 2.75) is 6.92 Å². The van der Waals surface area contributed by atoms with E-state index in [4.69, 9.17) is 4.74 Å². The second-order valence-electron chi connectivity index (χ2n) is 3.29. The van der Waals surface area contributed by atoms with Crippen LogP contribution in [0.5, 0.6) is 0 Å². The molecule has 0 aliphatic rings. The molecular formula is C11H11FN2O2S. The Morgan fingerprint density at radius 2 is 2.41 bits per heavy atom. The summed E-state index contributed by atoms with van der Waals surface area (Å²) in [7, 11) is 0. The van der Waals surface area contributed by atoms with Crippen LogP contribution in [0, 0.1) is 5.82 Å². The van der Waals surface area contributed by atoms with Crippen molar-refractivity contribution in [1.82, 2.24) is 4.98 Å². The number of ether oxygens (including phenoxy) is 1. The lowest BCUT2D eigenvalue weighted by Crippen LogP contribution is -2.16. The maximum absolute atomic E-state index is 12.9. The van der Waals surface area contributed by atoms with Gasteiger partial charge in [0.05, 0.1) is 16.8 Å². The number of anilines is 1. The molecule has 0 aliphatic heterocycles. The van der Waals surface area contributed by atoms with Crippen LogP contribution in [0.25, 0.3) is 10.2 Å². The lowest BCUT2D eigenvalue weighted by atomic mass is 10.3. The van der Waals surface area contributed by atoms with Crippen molar-refractivity contribution in [2.24, 2.45) is 0 Å². The van der Waals surface area contributed by atoms with E-state index in [0.717, 1.165) is 4.70 Å². The Kier molecular flexibility index (Phi) is 3.53. The number of halogens is 1. The number of carbonyl (C=O) groups excluding carboxylic acids is 1. The minimum absolute atomic E-state index is 0.0656. The van der Waals surface area contributed by atoms with Gasteiger partial charge in [0.15, 0.2) is 5.13 Å². The van der Waals surface area contributed by atoms with E-state index in [-0.39, 0.29) is 18.3 Å². The zero-order chi connectivity index (χ0) is 12.3. The molecule has 2 aromatic rings. The summed E-state index contributed by atoms with van der Waals surface area (Å²) in [6.45, 7) is 2.17. The van der Waals surface area contributed by atoms with Gasteiger partial charge in [-0.2, -0.15) is 0 Å². The predicted octanol–water partition coefficient (Wildman–Crippen LogP) is 2.41. The Hall–Kier alpha value is -1.69. The molecule has 0 amide bonds. The van der Waals surface area contributed by atoms with Crippen LogP contribution in [-0.2, 0) is 9.53 Å². The molecule has 0 bridgehead atoms. The predicted molar refractivity (Wildman–Crippen MR) is 64.7 cm³/mol. The Balaban J connectivity index is 2.07. The van der Waals surface area contributed by atoms with Crippen molar-refractivity contribution in [2.75, 3.05) is 18.5 Å². The van der Waals surface area contributed by atoms with Crippen molar-refractivity contribution in [3.05, 3.63) is 24.0 Å². The minimum atomic E-state index is -0.335. The second kappa shape index (κ2) is 5.09. The molecule has 2 rings (SSSR count). The topological polar surface area (TPSA) is 51.2 Å². The molecule has 1 aromatic heterocycles. The van der Waals surface area contributed by atoms with Gasteiger partial charge in [-0.3, -0.25) is 4.79 Å². The van der Waals surface area contributed by atoms with Gasteiger partial charge in [-0.1, -0.05) is 11.3 Å². The summed E-state index contributed by atoms with van der Waals surface area (Å²) in [5, 5.41) is 3.43. The van der Waals surface area contributed by atoms with Crippen LogP contribution >= 0.6 is 11.3 Å². The first kappa shape index (κ1) is 11.8. The molecule has 0 spiro atoms. The van der Waals surface area contributed by atoms with E-state index < -0.39 is 0 Å². The number of carbonyl (C=O) groups is 1. The first-order valence-electron chi connectivity index (χ1n) is 5.14. The zero-order valence-corrected chi connectivity index (χ0v) is 10.0. The van der Waals surface area contributed by atoms with Gasteiger partial charge in [0.2, 0.25) is 0 Å². The van der Waals surface area contributed by atoms with Crippen molar-refractivity contribution < 1.29 is 13.9 Å². The molecular weight excluding hydrogens is 243 g/mol. The van der Waals surface area contributed by atoms with E-state index in [1.165, 1.54) is 23.5 Å². The molecule has 0 fully saturated rings. The molecule has 0 saturated carbocycles. The van der Waals surface area contributed by atoms with E-state index in [2.05, 4.69) is 10.3 Å². The standard InChI is InChI=1S/C11H11FN2O2S/c1-2-16-10(15)6-13-11-14-8-4-3-7(12)5-9(8)17-11/h3-5H,2,6H2,1H3,(H,13,14). The van der Waals surface area contributed by atoms with Crippen molar-refractivity contribution in [3.63, 3.8) is 0 Å². The zero-order valence-electron chi connectivity index (χ0n) is 9.20. The third kappa shape index (κ3) is 2.91. The van der Waals surface area contributed by atoms with Gasteiger partial charge in [-0.25, -0.2) is 9.37 Å². The average Bonchev–Trinajstić information content (AvgIpc) is 2.68.